The number of aliphatic hydroxyl groups is 1. The first-order chi connectivity index (χ1) is 12.2. The molecule has 3 nitrogen and oxygen atoms in total. The standard InChI is InChI=1S/C23H34O3/c1-14-11-19-17-6-5-15-12-16(25)7-9-21(15,2)18(17)8-10-22(19,3)23(14,4)20(26)13-24/h12,14,17-19,24H,5-11,13H2,1-4H3/t14?,17-,18+,19+,21+,22+,23-/m1/s1. The second kappa shape index (κ2) is 5.77. The molecule has 0 amide bonds. The lowest BCUT2D eigenvalue weighted by Gasteiger charge is -2.59. The van der Waals surface area contributed by atoms with Gasteiger partial charge in [0, 0.05) is 11.8 Å². The highest BCUT2D eigenvalue weighted by Gasteiger charge is 2.66. The van der Waals surface area contributed by atoms with Gasteiger partial charge in [-0.2, -0.15) is 0 Å². The molecule has 0 aromatic carbocycles. The van der Waals surface area contributed by atoms with E-state index in [1.54, 1.807) is 0 Å². The molecule has 0 radical (unpaired) electrons. The van der Waals surface area contributed by atoms with Crippen LogP contribution in [0.5, 0.6) is 0 Å². The molecular weight excluding hydrogens is 324 g/mol. The van der Waals surface area contributed by atoms with Crippen LogP contribution in [0.25, 0.3) is 0 Å². The van der Waals surface area contributed by atoms with Gasteiger partial charge in [0.2, 0.25) is 0 Å². The minimum atomic E-state index is -0.406. The van der Waals surface area contributed by atoms with Crippen LogP contribution in [0.15, 0.2) is 11.6 Å². The number of aliphatic hydroxyl groups excluding tert-OH is 1. The van der Waals surface area contributed by atoms with Crippen LogP contribution in [-0.2, 0) is 9.59 Å². The quantitative estimate of drug-likeness (QED) is 0.799. The average molecular weight is 359 g/mol. The number of ketones is 2. The van der Waals surface area contributed by atoms with E-state index in [-0.39, 0.29) is 23.2 Å². The van der Waals surface area contributed by atoms with Crippen LogP contribution in [0.2, 0.25) is 0 Å². The van der Waals surface area contributed by atoms with Gasteiger partial charge >= 0.3 is 0 Å². The lowest BCUT2D eigenvalue weighted by molar-refractivity contribution is -0.146. The summed E-state index contributed by atoms with van der Waals surface area (Å²) in [6.45, 7) is 8.77. The van der Waals surface area contributed by atoms with Gasteiger partial charge in [0.25, 0.3) is 0 Å². The maximum atomic E-state index is 12.8. The molecule has 0 saturated heterocycles. The molecule has 0 spiro atoms. The van der Waals surface area contributed by atoms with Crippen molar-refractivity contribution in [1.29, 1.82) is 0 Å². The van der Waals surface area contributed by atoms with Gasteiger partial charge in [-0.15, -0.1) is 0 Å². The Morgan fingerprint density at radius 1 is 1.15 bits per heavy atom. The monoisotopic (exact) mass is 358 g/mol. The van der Waals surface area contributed by atoms with Crippen molar-refractivity contribution in [2.75, 3.05) is 6.61 Å². The van der Waals surface area contributed by atoms with Crippen molar-refractivity contribution in [2.45, 2.75) is 72.6 Å². The predicted octanol–water partition coefficient (Wildman–Crippen LogP) is 4.33. The van der Waals surface area contributed by atoms with Crippen molar-refractivity contribution in [3.63, 3.8) is 0 Å². The summed E-state index contributed by atoms with van der Waals surface area (Å²) in [4.78, 5) is 24.7. The maximum absolute atomic E-state index is 12.8. The Labute approximate surface area is 157 Å². The molecule has 3 fully saturated rings. The van der Waals surface area contributed by atoms with Crippen molar-refractivity contribution < 1.29 is 14.7 Å². The maximum Gasteiger partial charge on any atom is 0.164 e. The number of hydrogen-bond donors (Lipinski definition) is 1. The summed E-state index contributed by atoms with van der Waals surface area (Å²) >= 11 is 0. The first-order valence-corrected chi connectivity index (χ1v) is 10.6. The van der Waals surface area contributed by atoms with Crippen LogP contribution in [0.4, 0.5) is 0 Å². The molecular formula is C23H34O3. The van der Waals surface area contributed by atoms with Crippen molar-refractivity contribution in [2.24, 2.45) is 39.9 Å². The second-order valence-electron chi connectivity index (χ2n) is 10.3. The van der Waals surface area contributed by atoms with Crippen LogP contribution >= 0.6 is 0 Å². The highest BCUT2D eigenvalue weighted by molar-refractivity contribution is 5.91. The summed E-state index contributed by atoms with van der Waals surface area (Å²) in [5.74, 6) is 2.54. The third kappa shape index (κ3) is 2.10. The average Bonchev–Trinajstić information content (AvgIpc) is 2.83. The number of allylic oxidation sites excluding steroid dienone is 1. The van der Waals surface area contributed by atoms with E-state index in [0.29, 0.717) is 35.9 Å². The highest BCUT2D eigenvalue weighted by Crippen LogP contribution is 2.71. The smallest absolute Gasteiger partial charge is 0.164 e. The zero-order valence-corrected chi connectivity index (χ0v) is 16.8. The molecule has 1 unspecified atom stereocenters. The largest absolute Gasteiger partial charge is 0.389 e. The van der Waals surface area contributed by atoms with E-state index >= 15 is 0 Å². The van der Waals surface area contributed by atoms with E-state index in [0.717, 1.165) is 38.5 Å². The number of fused-ring (bicyclic) bond motifs is 5. The summed E-state index contributed by atoms with van der Waals surface area (Å²) in [5, 5.41) is 9.65. The summed E-state index contributed by atoms with van der Waals surface area (Å²) in [6, 6.07) is 0. The van der Waals surface area contributed by atoms with Gasteiger partial charge < -0.3 is 5.11 Å². The number of rotatable bonds is 2. The number of Topliss-reactive ketones (excluding diaryl/α,β-unsaturated/α-hetero) is 1. The minimum Gasteiger partial charge on any atom is -0.389 e. The fraction of sp³-hybridized carbons (Fsp3) is 0.826. The first kappa shape index (κ1) is 18.4. The minimum absolute atomic E-state index is 0.00450. The molecule has 26 heavy (non-hydrogen) atoms. The van der Waals surface area contributed by atoms with Gasteiger partial charge in [0.1, 0.15) is 6.61 Å². The number of carbonyl (C=O) groups is 2. The van der Waals surface area contributed by atoms with E-state index in [1.807, 2.05) is 6.08 Å². The molecule has 0 aromatic heterocycles. The Bertz CT molecular complexity index is 679. The van der Waals surface area contributed by atoms with Crippen LogP contribution in [0, 0.1) is 39.9 Å². The normalized spacial score (nSPS) is 50.5. The zero-order chi connectivity index (χ0) is 18.9. The zero-order valence-electron chi connectivity index (χ0n) is 16.8. The first-order valence-electron chi connectivity index (χ1n) is 10.6. The molecule has 0 aliphatic heterocycles. The Kier molecular flexibility index (Phi) is 4.08. The molecule has 0 heterocycles. The Morgan fingerprint density at radius 3 is 2.58 bits per heavy atom. The molecule has 1 N–H and O–H groups in total. The third-order valence-electron chi connectivity index (χ3n) is 9.85. The Balaban J connectivity index is 1.71. The molecule has 144 valence electrons. The van der Waals surface area contributed by atoms with Gasteiger partial charge in [0.15, 0.2) is 11.6 Å². The fourth-order valence-electron chi connectivity index (χ4n) is 7.90. The van der Waals surface area contributed by atoms with Crippen LogP contribution in [-0.4, -0.2) is 23.3 Å². The van der Waals surface area contributed by atoms with Gasteiger partial charge in [-0.25, -0.2) is 0 Å². The molecule has 4 aliphatic rings. The van der Waals surface area contributed by atoms with E-state index in [1.165, 1.54) is 5.57 Å². The van der Waals surface area contributed by atoms with E-state index in [2.05, 4.69) is 27.7 Å². The van der Waals surface area contributed by atoms with Crippen LogP contribution in [0.3, 0.4) is 0 Å². The lowest BCUT2D eigenvalue weighted by atomic mass is 9.45. The van der Waals surface area contributed by atoms with Gasteiger partial charge in [-0.05, 0) is 79.1 Å². The van der Waals surface area contributed by atoms with Gasteiger partial charge in [-0.3, -0.25) is 9.59 Å². The topological polar surface area (TPSA) is 54.4 Å². The SMILES string of the molecule is CC1C[C@H]2[C@@H]3CCC4=CC(=O)CC[C@]4(C)[C@H]3CC[C@]2(C)[C@@]1(C)C(=O)CO. The van der Waals surface area contributed by atoms with Crippen molar-refractivity contribution in [1.82, 2.24) is 0 Å². The van der Waals surface area contributed by atoms with E-state index < -0.39 is 5.41 Å². The predicted molar refractivity (Wildman–Crippen MR) is 101 cm³/mol. The third-order valence-corrected chi connectivity index (χ3v) is 9.85. The Hall–Kier alpha value is -0.960. The molecule has 0 bridgehead atoms. The summed E-state index contributed by atoms with van der Waals surface area (Å²) in [7, 11) is 0. The number of hydrogen-bond acceptors (Lipinski definition) is 3. The van der Waals surface area contributed by atoms with E-state index in [9.17, 15) is 14.7 Å². The molecule has 3 saturated carbocycles. The fourth-order valence-corrected chi connectivity index (χ4v) is 7.90. The molecule has 4 rings (SSSR count). The van der Waals surface area contributed by atoms with Crippen LogP contribution < -0.4 is 0 Å². The number of carbonyl (C=O) groups excluding carboxylic acids is 2. The van der Waals surface area contributed by atoms with Gasteiger partial charge in [0.05, 0.1) is 0 Å². The van der Waals surface area contributed by atoms with Gasteiger partial charge in [-0.1, -0.05) is 33.3 Å². The van der Waals surface area contributed by atoms with E-state index in [4.69, 9.17) is 0 Å². The summed E-state index contributed by atoms with van der Waals surface area (Å²) in [6.07, 6.45) is 9.21. The molecule has 3 heteroatoms. The summed E-state index contributed by atoms with van der Waals surface area (Å²) in [5.41, 5.74) is 1.17. The second-order valence-corrected chi connectivity index (χ2v) is 10.3. The van der Waals surface area contributed by atoms with Crippen molar-refractivity contribution in [3.05, 3.63) is 11.6 Å². The molecule has 7 atom stereocenters. The van der Waals surface area contributed by atoms with Crippen LogP contribution in [0.1, 0.15) is 72.6 Å². The highest BCUT2D eigenvalue weighted by atomic mass is 16.3. The van der Waals surface area contributed by atoms with Crippen molar-refractivity contribution in [3.8, 4) is 0 Å². The summed E-state index contributed by atoms with van der Waals surface area (Å²) < 4.78 is 0. The van der Waals surface area contributed by atoms with Crippen molar-refractivity contribution >= 4 is 11.6 Å². The Morgan fingerprint density at radius 2 is 1.88 bits per heavy atom. The lowest BCUT2D eigenvalue weighted by Crippen LogP contribution is -2.54. The molecule has 0 aromatic rings. The molecule has 4 aliphatic carbocycles.